The minimum atomic E-state index is -0.400. The van der Waals surface area contributed by atoms with E-state index < -0.39 is 11.8 Å². The molecule has 20 heavy (non-hydrogen) atoms. The van der Waals surface area contributed by atoms with E-state index in [1.165, 1.54) is 0 Å². The summed E-state index contributed by atoms with van der Waals surface area (Å²) in [6.45, 7) is 7.82. The molecule has 0 aliphatic heterocycles. The third-order valence-electron chi connectivity index (χ3n) is 3.21. The summed E-state index contributed by atoms with van der Waals surface area (Å²) in [6, 6.07) is 7.41. The van der Waals surface area contributed by atoms with Gasteiger partial charge in [0, 0.05) is 0 Å². The maximum absolute atomic E-state index is 11.9. The smallest absolute Gasteiger partial charge is 0.313 e. The average molecular weight is 278 g/mol. The summed E-state index contributed by atoms with van der Waals surface area (Å²) in [7, 11) is 0. The summed E-state index contributed by atoms with van der Waals surface area (Å²) in [5.74, 6) is -1.36. The fraction of sp³-hybridized carbons (Fsp3) is 0.500. The van der Waals surface area contributed by atoms with Gasteiger partial charge in [0.2, 0.25) is 0 Å². The summed E-state index contributed by atoms with van der Waals surface area (Å²) in [6.07, 6.45) is 0. The van der Waals surface area contributed by atoms with E-state index >= 15 is 0 Å². The van der Waals surface area contributed by atoms with Crippen molar-refractivity contribution in [3.05, 3.63) is 35.4 Å². The molecule has 0 aliphatic rings. The fourth-order valence-corrected chi connectivity index (χ4v) is 2.09. The lowest BCUT2D eigenvalue weighted by atomic mass is 9.89. The molecule has 0 saturated carbocycles. The van der Waals surface area contributed by atoms with Crippen molar-refractivity contribution in [2.75, 3.05) is 13.2 Å². The number of rotatable bonds is 6. The predicted molar refractivity (Wildman–Crippen MR) is 76.5 cm³/mol. The van der Waals surface area contributed by atoms with E-state index in [4.69, 9.17) is 9.47 Å². The predicted octanol–water partition coefficient (Wildman–Crippen LogP) is 3.02. The van der Waals surface area contributed by atoms with Gasteiger partial charge in [0.25, 0.3) is 0 Å². The number of ether oxygens (including phenoxy) is 2. The van der Waals surface area contributed by atoms with Crippen LogP contribution in [0.2, 0.25) is 0 Å². The van der Waals surface area contributed by atoms with E-state index in [0.29, 0.717) is 13.2 Å². The van der Waals surface area contributed by atoms with Gasteiger partial charge in [-0.3, -0.25) is 9.59 Å². The van der Waals surface area contributed by atoms with Gasteiger partial charge in [0.15, 0.2) is 0 Å². The van der Waals surface area contributed by atoms with Gasteiger partial charge >= 0.3 is 11.9 Å². The zero-order valence-corrected chi connectivity index (χ0v) is 12.5. The molecule has 1 rings (SSSR count). The molecule has 0 saturated heterocycles. The molecule has 4 heteroatoms. The van der Waals surface area contributed by atoms with Crippen LogP contribution in [0.3, 0.4) is 0 Å². The molecule has 110 valence electrons. The Morgan fingerprint density at radius 1 is 0.900 bits per heavy atom. The van der Waals surface area contributed by atoms with Crippen LogP contribution in [-0.2, 0) is 19.1 Å². The molecule has 2 atom stereocenters. The van der Waals surface area contributed by atoms with E-state index in [2.05, 4.69) is 0 Å². The number of hydrogen-bond donors (Lipinski definition) is 0. The molecule has 0 aliphatic carbocycles. The van der Waals surface area contributed by atoms with Crippen LogP contribution in [0.5, 0.6) is 0 Å². The first-order valence-corrected chi connectivity index (χ1v) is 6.94. The second-order valence-corrected chi connectivity index (χ2v) is 4.58. The third kappa shape index (κ3) is 3.83. The van der Waals surface area contributed by atoms with Crippen molar-refractivity contribution < 1.29 is 19.1 Å². The Bertz CT molecular complexity index is 424. The highest BCUT2D eigenvalue weighted by molar-refractivity contribution is 5.82. The molecule has 0 aromatic heterocycles. The topological polar surface area (TPSA) is 52.6 Å². The van der Waals surface area contributed by atoms with Crippen LogP contribution in [0.1, 0.15) is 50.7 Å². The highest BCUT2D eigenvalue weighted by Crippen LogP contribution is 2.28. The fourth-order valence-electron chi connectivity index (χ4n) is 2.09. The van der Waals surface area contributed by atoms with Crippen LogP contribution < -0.4 is 0 Å². The molecule has 0 spiro atoms. The van der Waals surface area contributed by atoms with Crippen LogP contribution in [0.15, 0.2) is 24.3 Å². The summed E-state index contributed by atoms with van der Waals surface area (Å²) in [4.78, 5) is 23.8. The Morgan fingerprint density at radius 3 is 1.55 bits per heavy atom. The largest absolute Gasteiger partial charge is 0.466 e. The monoisotopic (exact) mass is 278 g/mol. The molecular weight excluding hydrogens is 256 g/mol. The minimum Gasteiger partial charge on any atom is -0.466 e. The lowest BCUT2D eigenvalue weighted by Crippen LogP contribution is -2.19. The molecule has 0 radical (unpaired) electrons. The van der Waals surface area contributed by atoms with Crippen molar-refractivity contribution in [2.45, 2.75) is 39.5 Å². The highest BCUT2D eigenvalue weighted by Gasteiger charge is 2.25. The SMILES string of the molecule is CCOC(=O)C(C)c1ccccc1C(C)C(=O)OCC. The number of carbonyl (C=O) groups excluding carboxylic acids is 2. The lowest BCUT2D eigenvalue weighted by Gasteiger charge is -2.19. The molecule has 2 unspecified atom stereocenters. The Balaban J connectivity index is 3.04. The Labute approximate surface area is 120 Å². The van der Waals surface area contributed by atoms with Crippen molar-refractivity contribution in [1.82, 2.24) is 0 Å². The van der Waals surface area contributed by atoms with Gasteiger partial charge in [-0.1, -0.05) is 24.3 Å². The molecule has 0 fully saturated rings. The second-order valence-electron chi connectivity index (χ2n) is 4.58. The van der Waals surface area contributed by atoms with Crippen LogP contribution in [0.4, 0.5) is 0 Å². The summed E-state index contributed by atoms with van der Waals surface area (Å²) in [5.41, 5.74) is 1.62. The van der Waals surface area contributed by atoms with E-state index in [9.17, 15) is 9.59 Å². The molecule has 1 aromatic carbocycles. The van der Waals surface area contributed by atoms with Crippen LogP contribution in [0.25, 0.3) is 0 Å². The molecule has 0 bridgehead atoms. The number of esters is 2. The molecule has 1 aromatic rings. The van der Waals surface area contributed by atoms with Crippen molar-refractivity contribution in [1.29, 1.82) is 0 Å². The normalized spacial score (nSPS) is 13.4. The van der Waals surface area contributed by atoms with Crippen LogP contribution in [-0.4, -0.2) is 25.2 Å². The van der Waals surface area contributed by atoms with Gasteiger partial charge in [0.05, 0.1) is 25.0 Å². The van der Waals surface area contributed by atoms with Crippen LogP contribution in [0, 0.1) is 0 Å². The second kappa shape index (κ2) is 7.68. The van der Waals surface area contributed by atoms with Gasteiger partial charge in [-0.2, -0.15) is 0 Å². The van der Waals surface area contributed by atoms with Gasteiger partial charge < -0.3 is 9.47 Å². The first kappa shape index (κ1) is 16.2. The number of benzene rings is 1. The highest BCUT2D eigenvalue weighted by atomic mass is 16.5. The van der Waals surface area contributed by atoms with Crippen molar-refractivity contribution >= 4 is 11.9 Å². The average Bonchev–Trinajstić information content (AvgIpc) is 2.46. The molecule has 4 nitrogen and oxygen atoms in total. The third-order valence-corrected chi connectivity index (χ3v) is 3.21. The number of hydrogen-bond acceptors (Lipinski definition) is 4. The minimum absolute atomic E-state index is 0.281. The van der Waals surface area contributed by atoms with E-state index in [1.807, 2.05) is 24.3 Å². The summed E-state index contributed by atoms with van der Waals surface area (Å²) < 4.78 is 10.1. The lowest BCUT2D eigenvalue weighted by molar-refractivity contribution is -0.146. The first-order valence-electron chi connectivity index (χ1n) is 6.94. The van der Waals surface area contributed by atoms with Crippen molar-refractivity contribution in [3.63, 3.8) is 0 Å². The Morgan fingerprint density at radius 2 is 1.25 bits per heavy atom. The quantitative estimate of drug-likeness (QED) is 0.751. The van der Waals surface area contributed by atoms with Gasteiger partial charge in [-0.05, 0) is 38.8 Å². The van der Waals surface area contributed by atoms with Gasteiger partial charge in [-0.25, -0.2) is 0 Å². The standard InChI is InChI=1S/C16H22O4/c1-5-19-15(17)11(3)13-9-7-8-10-14(13)12(4)16(18)20-6-2/h7-12H,5-6H2,1-4H3. The summed E-state index contributed by atoms with van der Waals surface area (Å²) in [5, 5.41) is 0. The molecule has 0 heterocycles. The van der Waals surface area contributed by atoms with Crippen LogP contribution >= 0.6 is 0 Å². The maximum atomic E-state index is 11.9. The van der Waals surface area contributed by atoms with E-state index in [-0.39, 0.29) is 11.9 Å². The summed E-state index contributed by atoms with van der Waals surface area (Å²) >= 11 is 0. The van der Waals surface area contributed by atoms with Crippen molar-refractivity contribution in [3.8, 4) is 0 Å². The van der Waals surface area contributed by atoms with Gasteiger partial charge in [-0.15, -0.1) is 0 Å². The Kier molecular flexibility index (Phi) is 6.22. The molecule has 0 amide bonds. The van der Waals surface area contributed by atoms with E-state index in [0.717, 1.165) is 11.1 Å². The van der Waals surface area contributed by atoms with Gasteiger partial charge in [0.1, 0.15) is 0 Å². The maximum Gasteiger partial charge on any atom is 0.313 e. The molecule has 0 N–H and O–H groups in total. The number of carbonyl (C=O) groups is 2. The molecular formula is C16H22O4. The zero-order valence-electron chi connectivity index (χ0n) is 12.5. The Hall–Kier alpha value is -1.84. The first-order chi connectivity index (χ1) is 9.52. The zero-order chi connectivity index (χ0) is 15.1. The van der Waals surface area contributed by atoms with Crippen molar-refractivity contribution in [2.24, 2.45) is 0 Å². The van der Waals surface area contributed by atoms with E-state index in [1.54, 1.807) is 27.7 Å².